The smallest absolute Gasteiger partial charge is 0.175 e. The number of pyridine rings is 2. The van der Waals surface area contributed by atoms with Crippen LogP contribution in [-0.2, 0) is 0 Å². The number of hydrogen-bond donors (Lipinski definition) is 1. The fourth-order valence-electron chi connectivity index (χ4n) is 5.73. The minimum atomic E-state index is -0.472. The maximum Gasteiger partial charge on any atom is 0.175 e. The number of hydrogen-bond acceptors (Lipinski definition) is 5. The standard InChI is InChI=1S/C26H26Cl2FN5S/c1-33-10-4-7-19(33)20-11-16-25(34(20)14-8-9-30-12-14)17-13-31-23(15-5-3-6-18(27)21(15)28)22(29)24(17)32-26(16)35-2/h3,5-6,11,13-14,19,30H,4,7-10,12H2,1-2H3. The molecule has 2 fully saturated rings. The SMILES string of the molecule is CSc1nc2c(F)c(-c3cccc(Cl)c3Cl)ncc2c2c1cc(C1CCCN1C)n2C1CCNC1. The van der Waals surface area contributed by atoms with Gasteiger partial charge in [0.05, 0.1) is 15.6 Å². The van der Waals surface area contributed by atoms with Crippen LogP contribution in [0.2, 0.25) is 10.0 Å². The van der Waals surface area contributed by atoms with E-state index in [1.165, 1.54) is 12.1 Å². The zero-order valence-electron chi connectivity index (χ0n) is 19.6. The fraction of sp³-hybridized carbons (Fsp3) is 0.385. The normalized spacial score (nSPS) is 21.1. The molecule has 3 aromatic heterocycles. The molecule has 0 radical (unpaired) electrons. The van der Waals surface area contributed by atoms with Crippen LogP contribution >= 0.6 is 35.0 Å². The van der Waals surface area contributed by atoms with E-state index in [2.05, 4.69) is 32.9 Å². The van der Waals surface area contributed by atoms with Crippen LogP contribution in [0.15, 0.2) is 35.5 Å². The minimum Gasteiger partial charge on any atom is -0.338 e. The molecular formula is C26H26Cl2FN5S. The van der Waals surface area contributed by atoms with E-state index >= 15 is 4.39 Å². The van der Waals surface area contributed by atoms with Crippen LogP contribution < -0.4 is 5.32 Å². The molecule has 5 heterocycles. The second kappa shape index (κ2) is 9.20. The first-order valence-electron chi connectivity index (χ1n) is 11.9. The van der Waals surface area contributed by atoms with E-state index in [9.17, 15) is 0 Å². The Hall–Kier alpha value is -1.90. The Bertz CT molecular complexity index is 1450. The average Bonchev–Trinajstić information content (AvgIpc) is 3.60. The van der Waals surface area contributed by atoms with Crippen molar-refractivity contribution in [3.63, 3.8) is 0 Å². The van der Waals surface area contributed by atoms with Gasteiger partial charge >= 0.3 is 0 Å². The van der Waals surface area contributed by atoms with Crippen molar-refractivity contribution >= 4 is 56.8 Å². The van der Waals surface area contributed by atoms with Gasteiger partial charge in [-0.1, -0.05) is 35.3 Å². The lowest BCUT2D eigenvalue weighted by atomic mass is 10.1. The maximum atomic E-state index is 16.1. The predicted molar refractivity (Wildman–Crippen MR) is 143 cm³/mol. The molecule has 2 unspecified atom stereocenters. The Morgan fingerprint density at radius 2 is 2.06 bits per heavy atom. The molecule has 182 valence electrons. The first-order chi connectivity index (χ1) is 17.0. The monoisotopic (exact) mass is 529 g/mol. The van der Waals surface area contributed by atoms with Gasteiger partial charge < -0.3 is 9.88 Å². The highest BCUT2D eigenvalue weighted by Crippen LogP contribution is 2.43. The minimum absolute atomic E-state index is 0.167. The van der Waals surface area contributed by atoms with Gasteiger partial charge in [-0.25, -0.2) is 9.37 Å². The second-order valence-corrected chi connectivity index (χ2v) is 11.0. The summed E-state index contributed by atoms with van der Waals surface area (Å²) in [6.45, 7) is 2.97. The van der Waals surface area contributed by atoms with Gasteiger partial charge in [0.2, 0.25) is 0 Å². The number of aromatic nitrogens is 3. The van der Waals surface area contributed by atoms with Crippen molar-refractivity contribution in [3.05, 3.63) is 52.0 Å². The van der Waals surface area contributed by atoms with E-state index in [1.54, 1.807) is 36.2 Å². The third kappa shape index (κ3) is 3.75. The molecule has 0 aliphatic carbocycles. The molecule has 0 amide bonds. The van der Waals surface area contributed by atoms with Crippen molar-refractivity contribution in [2.45, 2.75) is 36.4 Å². The summed E-state index contributed by atoms with van der Waals surface area (Å²) in [6, 6.07) is 8.11. The summed E-state index contributed by atoms with van der Waals surface area (Å²) in [5, 5.41) is 6.80. The number of rotatable bonds is 4. The van der Waals surface area contributed by atoms with Crippen LogP contribution in [-0.4, -0.2) is 52.4 Å². The summed E-state index contributed by atoms with van der Waals surface area (Å²) < 4.78 is 18.6. The Labute approximate surface area is 218 Å². The molecule has 0 bridgehead atoms. The van der Waals surface area contributed by atoms with Gasteiger partial charge in [0.1, 0.15) is 16.2 Å². The summed E-state index contributed by atoms with van der Waals surface area (Å²) in [4.78, 5) is 11.8. The number of nitrogens with one attached hydrogen (secondary N) is 1. The fourth-order valence-corrected chi connectivity index (χ4v) is 6.68. The van der Waals surface area contributed by atoms with Gasteiger partial charge in [-0.15, -0.1) is 11.8 Å². The number of fused-ring (bicyclic) bond motifs is 3. The zero-order chi connectivity index (χ0) is 24.3. The molecule has 0 saturated carbocycles. The Balaban J connectivity index is 1.67. The van der Waals surface area contributed by atoms with Gasteiger partial charge in [-0.05, 0) is 57.8 Å². The second-order valence-electron chi connectivity index (χ2n) is 9.39. The number of nitrogens with zero attached hydrogens (tertiary/aromatic N) is 4. The quantitative estimate of drug-likeness (QED) is 0.297. The van der Waals surface area contributed by atoms with Crippen LogP contribution in [0.4, 0.5) is 4.39 Å². The van der Waals surface area contributed by atoms with Crippen molar-refractivity contribution in [2.24, 2.45) is 0 Å². The molecular weight excluding hydrogens is 504 g/mol. The van der Waals surface area contributed by atoms with E-state index in [-0.39, 0.29) is 10.7 Å². The third-order valence-electron chi connectivity index (χ3n) is 7.42. The van der Waals surface area contributed by atoms with E-state index in [0.717, 1.165) is 53.8 Å². The zero-order valence-corrected chi connectivity index (χ0v) is 21.9. The third-order valence-corrected chi connectivity index (χ3v) is 8.94. The van der Waals surface area contributed by atoms with Crippen molar-refractivity contribution in [2.75, 3.05) is 32.9 Å². The number of benzene rings is 1. The Kier molecular flexibility index (Phi) is 6.17. The van der Waals surface area contributed by atoms with Crippen LogP contribution in [0.25, 0.3) is 33.1 Å². The van der Waals surface area contributed by atoms with E-state index in [1.807, 2.05) is 6.26 Å². The molecule has 0 spiro atoms. The first kappa shape index (κ1) is 23.5. The highest BCUT2D eigenvalue weighted by Gasteiger charge is 2.32. The molecule has 5 nitrogen and oxygen atoms in total. The Morgan fingerprint density at radius 1 is 1.20 bits per heavy atom. The summed E-state index contributed by atoms with van der Waals surface area (Å²) in [5.41, 5.74) is 3.27. The van der Waals surface area contributed by atoms with Gasteiger partial charge in [-0.3, -0.25) is 9.88 Å². The molecule has 2 aliphatic rings. The first-order valence-corrected chi connectivity index (χ1v) is 13.9. The topological polar surface area (TPSA) is 46.0 Å². The van der Waals surface area contributed by atoms with E-state index < -0.39 is 5.82 Å². The van der Waals surface area contributed by atoms with Crippen molar-refractivity contribution in [1.29, 1.82) is 0 Å². The number of likely N-dealkylation sites (tertiary alicyclic amines) is 1. The van der Waals surface area contributed by atoms with Gasteiger partial charge in [-0.2, -0.15) is 0 Å². The Morgan fingerprint density at radius 3 is 2.77 bits per heavy atom. The van der Waals surface area contributed by atoms with Crippen LogP contribution in [0.5, 0.6) is 0 Å². The molecule has 9 heteroatoms. The largest absolute Gasteiger partial charge is 0.338 e. The molecule has 1 N–H and O–H groups in total. The van der Waals surface area contributed by atoms with Crippen molar-refractivity contribution in [1.82, 2.24) is 24.8 Å². The summed E-state index contributed by atoms with van der Waals surface area (Å²) in [5.74, 6) is -0.472. The van der Waals surface area contributed by atoms with Crippen molar-refractivity contribution in [3.8, 4) is 11.3 Å². The molecule has 4 aromatic rings. The lowest BCUT2D eigenvalue weighted by Gasteiger charge is -2.25. The summed E-state index contributed by atoms with van der Waals surface area (Å²) >= 11 is 14.2. The van der Waals surface area contributed by atoms with Crippen LogP contribution in [0, 0.1) is 5.82 Å². The van der Waals surface area contributed by atoms with Gasteiger partial charge in [0, 0.05) is 46.9 Å². The highest BCUT2D eigenvalue weighted by molar-refractivity contribution is 7.98. The number of halogens is 3. The van der Waals surface area contributed by atoms with E-state index in [0.29, 0.717) is 28.2 Å². The lowest BCUT2D eigenvalue weighted by molar-refractivity contribution is 0.301. The molecule has 2 atom stereocenters. The van der Waals surface area contributed by atoms with Crippen LogP contribution in [0.3, 0.4) is 0 Å². The molecule has 35 heavy (non-hydrogen) atoms. The molecule has 6 rings (SSSR count). The van der Waals surface area contributed by atoms with E-state index in [4.69, 9.17) is 28.2 Å². The molecule has 2 saturated heterocycles. The lowest BCUT2D eigenvalue weighted by Crippen LogP contribution is -2.23. The summed E-state index contributed by atoms with van der Waals surface area (Å²) in [7, 11) is 2.20. The summed E-state index contributed by atoms with van der Waals surface area (Å²) in [6.07, 6.45) is 7.09. The van der Waals surface area contributed by atoms with Gasteiger partial charge in [0.25, 0.3) is 0 Å². The molecule has 1 aromatic carbocycles. The highest BCUT2D eigenvalue weighted by atomic mass is 35.5. The van der Waals surface area contributed by atoms with Gasteiger partial charge in [0.15, 0.2) is 5.82 Å². The average molecular weight is 531 g/mol. The number of thioether (sulfide) groups is 1. The predicted octanol–water partition coefficient (Wildman–Crippen LogP) is 6.72. The van der Waals surface area contributed by atoms with Crippen LogP contribution in [0.1, 0.15) is 37.0 Å². The van der Waals surface area contributed by atoms with Crippen molar-refractivity contribution < 1.29 is 4.39 Å². The molecule has 2 aliphatic heterocycles. The maximum absolute atomic E-state index is 16.1.